The molecule has 0 aromatic heterocycles. The zero-order valence-corrected chi connectivity index (χ0v) is 20.7. The number of carbonyl (C=O) groups is 3. The molecule has 33 heavy (non-hydrogen) atoms. The van der Waals surface area contributed by atoms with Crippen LogP contribution in [0.4, 0.5) is 9.59 Å². The Balaban J connectivity index is 2.13. The Labute approximate surface area is 196 Å². The number of nitrogens with one attached hydrogen (secondary N) is 1. The smallest absolute Gasteiger partial charge is 0.410 e. The largest absolute Gasteiger partial charge is 0.467 e. The van der Waals surface area contributed by atoms with Crippen molar-refractivity contribution in [1.82, 2.24) is 10.2 Å². The normalized spacial score (nSPS) is 16.6. The highest BCUT2D eigenvalue weighted by Gasteiger charge is 2.41. The Hall–Kier alpha value is -2.77. The first kappa shape index (κ1) is 26.5. The number of ether oxygens (including phenoxy) is 3. The number of piperidine rings is 1. The van der Waals surface area contributed by atoms with Gasteiger partial charge in [0, 0.05) is 32.4 Å². The fourth-order valence-corrected chi connectivity index (χ4v) is 3.90. The van der Waals surface area contributed by atoms with Crippen molar-refractivity contribution < 1.29 is 28.6 Å². The molecule has 0 radical (unpaired) electrons. The number of hydrogen-bond donors (Lipinski definition) is 1. The molecule has 8 nitrogen and oxygen atoms in total. The zero-order valence-electron chi connectivity index (χ0n) is 20.7. The first-order chi connectivity index (χ1) is 15.4. The van der Waals surface area contributed by atoms with Gasteiger partial charge in [-0.25, -0.2) is 14.4 Å². The van der Waals surface area contributed by atoms with Crippen molar-refractivity contribution in [2.24, 2.45) is 5.92 Å². The summed E-state index contributed by atoms with van der Waals surface area (Å²) in [6, 6.07) is 9.00. The summed E-state index contributed by atoms with van der Waals surface area (Å²) in [7, 11) is 1.30. The highest BCUT2D eigenvalue weighted by atomic mass is 16.6. The molecule has 184 valence electrons. The fraction of sp³-hybridized carbons (Fsp3) is 0.640. The molecule has 0 aliphatic carbocycles. The van der Waals surface area contributed by atoms with Crippen LogP contribution in [0.1, 0.15) is 59.4 Å². The molecule has 1 atom stereocenters. The molecule has 0 saturated carbocycles. The number of benzene rings is 1. The van der Waals surface area contributed by atoms with Crippen molar-refractivity contribution in [2.75, 3.05) is 20.2 Å². The molecule has 1 heterocycles. The van der Waals surface area contributed by atoms with Crippen LogP contribution >= 0.6 is 0 Å². The fourth-order valence-electron chi connectivity index (χ4n) is 3.90. The van der Waals surface area contributed by atoms with Gasteiger partial charge in [-0.15, -0.1) is 0 Å². The Kier molecular flexibility index (Phi) is 9.14. The number of esters is 1. The van der Waals surface area contributed by atoms with Crippen LogP contribution in [0.25, 0.3) is 0 Å². The molecule has 1 aliphatic rings. The number of methoxy groups -OCH3 is 1. The molecule has 1 saturated heterocycles. The van der Waals surface area contributed by atoms with E-state index in [4.69, 9.17) is 14.2 Å². The summed E-state index contributed by atoms with van der Waals surface area (Å²) < 4.78 is 16.3. The van der Waals surface area contributed by atoms with Gasteiger partial charge in [-0.05, 0) is 38.7 Å². The summed E-state index contributed by atoms with van der Waals surface area (Å²) in [5, 5.41) is 2.68. The standard InChI is InChI=1S/C25H38N2O6/c1-18(2)16-20(21(28)31-6)26-22(29)32-25(17-19-10-8-7-9-11-19)12-14-27(15-13-25)23(30)33-24(3,4)5/h7-11,18,20H,12-17H2,1-6H3,(H,26,29)/t20-/m0/s1. The van der Waals surface area contributed by atoms with Gasteiger partial charge in [-0.1, -0.05) is 44.2 Å². The van der Waals surface area contributed by atoms with Crippen molar-refractivity contribution in [3.63, 3.8) is 0 Å². The van der Waals surface area contributed by atoms with Gasteiger partial charge in [0.1, 0.15) is 17.2 Å². The molecule has 1 N–H and O–H groups in total. The maximum absolute atomic E-state index is 12.9. The van der Waals surface area contributed by atoms with Crippen molar-refractivity contribution in [3.8, 4) is 0 Å². The Morgan fingerprint density at radius 3 is 2.21 bits per heavy atom. The molecule has 0 bridgehead atoms. The van der Waals surface area contributed by atoms with Crippen molar-refractivity contribution in [1.29, 1.82) is 0 Å². The van der Waals surface area contributed by atoms with Gasteiger partial charge < -0.3 is 24.4 Å². The molecule has 8 heteroatoms. The first-order valence-corrected chi connectivity index (χ1v) is 11.5. The zero-order chi connectivity index (χ0) is 24.6. The lowest BCUT2D eigenvalue weighted by Crippen LogP contribution is -2.53. The number of amides is 2. The van der Waals surface area contributed by atoms with Gasteiger partial charge >= 0.3 is 18.2 Å². The van der Waals surface area contributed by atoms with E-state index < -0.39 is 29.3 Å². The van der Waals surface area contributed by atoms with Crippen molar-refractivity contribution in [3.05, 3.63) is 35.9 Å². The SMILES string of the molecule is COC(=O)[C@H](CC(C)C)NC(=O)OC1(Cc2ccccc2)CCN(C(=O)OC(C)(C)C)CC1. The van der Waals surface area contributed by atoms with Gasteiger partial charge in [0.05, 0.1) is 7.11 Å². The molecule has 1 fully saturated rings. The van der Waals surface area contributed by atoms with E-state index in [-0.39, 0.29) is 12.0 Å². The number of carbonyl (C=O) groups excluding carboxylic acids is 3. The van der Waals surface area contributed by atoms with Gasteiger partial charge in [0.2, 0.25) is 0 Å². The van der Waals surface area contributed by atoms with Crippen molar-refractivity contribution >= 4 is 18.2 Å². The molecule has 0 unspecified atom stereocenters. The van der Waals surface area contributed by atoms with Gasteiger partial charge in [-0.3, -0.25) is 0 Å². The Morgan fingerprint density at radius 2 is 1.70 bits per heavy atom. The van der Waals surface area contributed by atoms with E-state index in [0.717, 1.165) is 5.56 Å². The van der Waals surface area contributed by atoms with E-state index in [9.17, 15) is 14.4 Å². The predicted molar refractivity (Wildman–Crippen MR) is 125 cm³/mol. The second-order valence-corrected chi connectivity index (χ2v) is 10.1. The van der Waals surface area contributed by atoms with E-state index >= 15 is 0 Å². The maximum atomic E-state index is 12.9. The van der Waals surface area contributed by atoms with Gasteiger partial charge in [0.25, 0.3) is 0 Å². The van der Waals surface area contributed by atoms with Crippen LogP contribution in [0.2, 0.25) is 0 Å². The first-order valence-electron chi connectivity index (χ1n) is 11.5. The number of nitrogens with zero attached hydrogens (tertiary/aromatic N) is 1. The van der Waals surface area contributed by atoms with Gasteiger partial charge in [-0.2, -0.15) is 0 Å². The number of hydrogen-bond acceptors (Lipinski definition) is 6. The van der Waals surface area contributed by atoms with E-state index in [0.29, 0.717) is 38.8 Å². The van der Waals surface area contributed by atoms with Crippen LogP contribution in [0, 0.1) is 5.92 Å². The summed E-state index contributed by atoms with van der Waals surface area (Å²) in [5.41, 5.74) is -0.351. The van der Waals surface area contributed by atoms with E-state index in [2.05, 4.69) is 5.32 Å². The molecular weight excluding hydrogens is 424 g/mol. The third-order valence-corrected chi connectivity index (χ3v) is 5.49. The second-order valence-electron chi connectivity index (χ2n) is 10.1. The van der Waals surface area contributed by atoms with Crippen LogP contribution in [0.3, 0.4) is 0 Å². The highest BCUT2D eigenvalue weighted by Crippen LogP contribution is 2.31. The number of rotatable bonds is 7. The molecule has 0 spiro atoms. The summed E-state index contributed by atoms with van der Waals surface area (Å²) in [5.74, 6) is -0.317. The third kappa shape index (κ3) is 8.59. The Morgan fingerprint density at radius 1 is 1.09 bits per heavy atom. The highest BCUT2D eigenvalue weighted by molar-refractivity contribution is 5.81. The minimum Gasteiger partial charge on any atom is -0.467 e. The summed E-state index contributed by atoms with van der Waals surface area (Å²) in [4.78, 5) is 39.1. The topological polar surface area (TPSA) is 94.2 Å². The third-order valence-electron chi connectivity index (χ3n) is 5.49. The summed E-state index contributed by atoms with van der Waals surface area (Å²) in [6.07, 6.45) is 0.843. The quantitative estimate of drug-likeness (QED) is 0.479. The average Bonchev–Trinajstić information content (AvgIpc) is 2.72. The summed E-state index contributed by atoms with van der Waals surface area (Å²) >= 11 is 0. The predicted octanol–water partition coefficient (Wildman–Crippen LogP) is 4.31. The second kappa shape index (κ2) is 11.4. The average molecular weight is 463 g/mol. The number of alkyl carbamates (subject to hydrolysis) is 1. The van der Waals surface area contributed by atoms with Crippen LogP contribution < -0.4 is 5.32 Å². The molecule has 2 amide bonds. The molecule has 1 aromatic carbocycles. The lowest BCUT2D eigenvalue weighted by Gasteiger charge is -2.41. The monoisotopic (exact) mass is 462 g/mol. The van der Waals surface area contributed by atoms with Crippen molar-refractivity contribution in [2.45, 2.75) is 77.5 Å². The van der Waals surface area contributed by atoms with Crippen LogP contribution in [0.5, 0.6) is 0 Å². The Bertz CT molecular complexity index is 795. The molecular formula is C25H38N2O6. The lowest BCUT2D eigenvalue weighted by atomic mass is 9.85. The van der Waals surface area contributed by atoms with E-state index in [1.807, 2.05) is 65.0 Å². The maximum Gasteiger partial charge on any atom is 0.410 e. The van der Waals surface area contributed by atoms with Crippen LogP contribution in [-0.2, 0) is 25.4 Å². The van der Waals surface area contributed by atoms with Gasteiger partial charge in [0.15, 0.2) is 0 Å². The number of likely N-dealkylation sites (tertiary alicyclic amines) is 1. The molecule has 1 aromatic rings. The lowest BCUT2D eigenvalue weighted by molar-refractivity contribution is -0.143. The molecule has 2 rings (SSSR count). The van der Waals surface area contributed by atoms with Crippen LogP contribution in [0.15, 0.2) is 30.3 Å². The molecule has 1 aliphatic heterocycles. The van der Waals surface area contributed by atoms with E-state index in [1.54, 1.807) is 4.90 Å². The van der Waals surface area contributed by atoms with E-state index in [1.165, 1.54) is 7.11 Å². The minimum absolute atomic E-state index is 0.185. The summed E-state index contributed by atoms with van der Waals surface area (Å²) in [6.45, 7) is 10.2. The van der Waals surface area contributed by atoms with Crippen LogP contribution in [-0.4, -0.2) is 60.5 Å². The minimum atomic E-state index is -0.803.